The Morgan fingerprint density at radius 2 is 2.00 bits per heavy atom. The summed E-state index contributed by atoms with van der Waals surface area (Å²) in [7, 11) is 0. The fraction of sp³-hybridized carbons (Fsp3) is 1.00. The highest BCUT2D eigenvalue weighted by Crippen LogP contribution is 2.15. The van der Waals surface area contributed by atoms with Gasteiger partial charge in [-0.05, 0) is 20.3 Å². The van der Waals surface area contributed by atoms with Gasteiger partial charge in [-0.1, -0.05) is 13.3 Å². The zero-order valence-electron chi connectivity index (χ0n) is 6.39. The average molecular weight is 132 g/mol. The second kappa shape index (κ2) is 3.18. The molecular formula is C7H16O2. The molecule has 0 radical (unpaired) electrons. The summed E-state index contributed by atoms with van der Waals surface area (Å²) in [6.45, 7) is 5.24. The molecule has 0 fully saturated rings. The van der Waals surface area contributed by atoms with Crippen LogP contribution in [0, 0.1) is 0 Å². The van der Waals surface area contributed by atoms with Gasteiger partial charge in [0.15, 0.2) is 0 Å². The van der Waals surface area contributed by atoms with E-state index in [9.17, 15) is 5.11 Å². The van der Waals surface area contributed by atoms with E-state index in [-0.39, 0.29) is 0 Å². The van der Waals surface area contributed by atoms with E-state index < -0.39 is 11.7 Å². The molecule has 2 nitrogen and oxygen atoms in total. The molecule has 9 heavy (non-hydrogen) atoms. The molecule has 2 heteroatoms. The van der Waals surface area contributed by atoms with Crippen molar-refractivity contribution in [2.45, 2.75) is 45.3 Å². The van der Waals surface area contributed by atoms with Crippen LogP contribution in [0.4, 0.5) is 0 Å². The number of hydrogen-bond donors (Lipinski definition) is 2. The lowest BCUT2D eigenvalue weighted by atomic mass is 9.95. The molecule has 0 aromatic heterocycles. The average Bonchev–Trinajstić information content (AvgIpc) is 1.65. The van der Waals surface area contributed by atoms with Crippen molar-refractivity contribution in [3.8, 4) is 0 Å². The first-order chi connectivity index (χ1) is 4.00. The van der Waals surface area contributed by atoms with E-state index in [0.29, 0.717) is 6.42 Å². The molecule has 0 bridgehead atoms. The molecule has 0 heterocycles. The highest BCUT2D eigenvalue weighted by Gasteiger charge is 2.24. The molecule has 0 aliphatic heterocycles. The van der Waals surface area contributed by atoms with Crippen molar-refractivity contribution in [1.29, 1.82) is 0 Å². The molecule has 0 aromatic carbocycles. The van der Waals surface area contributed by atoms with E-state index >= 15 is 0 Å². The SMILES string of the molecule is CCCC(C)(O)C(C)O. The molecule has 2 N–H and O–H groups in total. The van der Waals surface area contributed by atoms with Gasteiger partial charge in [-0.2, -0.15) is 0 Å². The number of rotatable bonds is 3. The minimum atomic E-state index is -0.894. The first-order valence-electron chi connectivity index (χ1n) is 3.41. The van der Waals surface area contributed by atoms with Crippen LogP contribution in [-0.4, -0.2) is 21.9 Å². The Bertz CT molecular complexity index is 77.0. The molecule has 2 atom stereocenters. The lowest BCUT2D eigenvalue weighted by Gasteiger charge is -2.25. The summed E-state index contributed by atoms with van der Waals surface area (Å²) in [6, 6.07) is 0. The van der Waals surface area contributed by atoms with Crippen LogP contribution in [0.1, 0.15) is 33.6 Å². The highest BCUT2D eigenvalue weighted by molar-refractivity contribution is 4.77. The van der Waals surface area contributed by atoms with E-state index in [1.165, 1.54) is 0 Å². The van der Waals surface area contributed by atoms with Crippen LogP contribution >= 0.6 is 0 Å². The Hall–Kier alpha value is -0.0800. The molecule has 0 amide bonds. The summed E-state index contributed by atoms with van der Waals surface area (Å²) in [6.07, 6.45) is 0.931. The topological polar surface area (TPSA) is 40.5 Å². The van der Waals surface area contributed by atoms with Gasteiger partial charge in [0.1, 0.15) is 0 Å². The highest BCUT2D eigenvalue weighted by atomic mass is 16.3. The van der Waals surface area contributed by atoms with Crippen molar-refractivity contribution in [1.82, 2.24) is 0 Å². The predicted molar refractivity (Wildman–Crippen MR) is 37.2 cm³/mol. The quantitative estimate of drug-likeness (QED) is 0.599. The summed E-state index contributed by atoms with van der Waals surface area (Å²) < 4.78 is 0. The molecule has 56 valence electrons. The fourth-order valence-electron chi connectivity index (χ4n) is 0.715. The van der Waals surface area contributed by atoms with E-state index in [2.05, 4.69) is 0 Å². The third kappa shape index (κ3) is 2.82. The zero-order valence-corrected chi connectivity index (χ0v) is 6.39. The summed E-state index contributed by atoms with van der Waals surface area (Å²) in [5, 5.41) is 18.3. The van der Waals surface area contributed by atoms with Crippen molar-refractivity contribution in [3.63, 3.8) is 0 Å². The van der Waals surface area contributed by atoms with Gasteiger partial charge in [-0.25, -0.2) is 0 Å². The van der Waals surface area contributed by atoms with Crippen LogP contribution < -0.4 is 0 Å². The Morgan fingerprint density at radius 3 is 2.11 bits per heavy atom. The van der Waals surface area contributed by atoms with Crippen molar-refractivity contribution in [2.24, 2.45) is 0 Å². The minimum absolute atomic E-state index is 0.627. The molecule has 0 aromatic rings. The maximum absolute atomic E-state index is 9.34. The zero-order chi connectivity index (χ0) is 7.49. The second-order valence-electron chi connectivity index (χ2n) is 2.78. The Morgan fingerprint density at radius 1 is 1.56 bits per heavy atom. The molecule has 2 unspecified atom stereocenters. The predicted octanol–water partition coefficient (Wildman–Crippen LogP) is 0.918. The molecule has 0 rings (SSSR count). The van der Waals surface area contributed by atoms with Crippen molar-refractivity contribution in [2.75, 3.05) is 0 Å². The normalized spacial score (nSPS) is 21.0. The van der Waals surface area contributed by atoms with E-state index in [0.717, 1.165) is 6.42 Å². The van der Waals surface area contributed by atoms with Crippen molar-refractivity contribution < 1.29 is 10.2 Å². The summed E-state index contributed by atoms with van der Waals surface area (Å²) in [4.78, 5) is 0. The molecule has 0 spiro atoms. The molecular weight excluding hydrogens is 116 g/mol. The third-order valence-corrected chi connectivity index (χ3v) is 1.66. The Labute approximate surface area is 56.5 Å². The van der Waals surface area contributed by atoms with E-state index in [1.807, 2.05) is 6.92 Å². The van der Waals surface area contributed by atoms with E-state index in [4.69, 9.17) is 5.11 Å². The van der Waals surface area contributed by atoms with Gasteiger partial charge >= 0.3 is 0 Å². The van der Waals surface area contributed by atoms with Crippen LogP contribution in [0.25, 0.3) is 0 Å². The fourth-order valence-corrected chi connectivity index (χ4v) is 0.715. The van der Waals surface area contributed by atoms with Gasteiger partial charge in [-0.15, -0.1) is 0 Å². The number of hydrogen-bond acceptors (Lipinski definition) is 2. The van der Waals surface area contributed by atoms with Gasteiger partial charge in [0.25, 0.3) is 0 Å². The van der Waals surface area contributed by atoms with Crippen LogP contribution in [0.2, 0.25) is 0 Å². The van der Waals surface area contributed by atoms with Crippen molar-refractivity contribution in [3.05, 3.63) is 0 Å². The maximum atomic E-state index is 9.34. The van der Waals surface area contributed by atoms with Gasteiger partial charge in [0.2, 0.25) is 0 Å². The van der Waals surface area contributed by atoms with E-state index in [1.54, 1.807) is 13.8 Å². The Balaban J connectivity index is 3.70. The number of aliphatic hydroxyl groups excluding tert-OH is 1. The summed E-state index contributed by atoms with van der Waals surface area (Å²) in [5.74, 6) is 0. The maximum Gasteiger partial charge on any atom is 0.0874 e. The smallest absolute Gasteiger partial charge is 0.0874 e. The molecule has 0 aliphatic rings. The lowest BCUT2D eigenvalue weighted by molar-refractivity contribution is -0.0577. The second-order valence-corrected chi connectivity index (χ2v) is 2.78. The summed E-state index contributed by atoms with van der Waals surface area (Å²) >= 11 is 0. The van der Waals surface area contributed by atoms with Gasteiger partial charge in [0.05, 0.1) is 11.7 Å². The summed E-state index contributed by atoms with van der Waals surface area (Å²) in [5.41, 5.74) is -0.894. The monoisotopic (exact) mass is 132 g/mol. The molecule has 0 aliphatic carbocycles. The standard InChI is InChI=1S/C7H16O2/c1-4-5-7(3,9)6(2)8/h6,8-9H,4-5H2,1-3H3. The molecule has 0 saturated carbocycles. The van der Waals surface area contributed by atoms with Crippen molar-refractivity contribution >= 4 is 0 Å². The third-order valence-electron chi connectivity index (χ3n) is 1.66. The van der Waals surface area contributed by atoms with Crippen LogP contribution in [0.5, 0.6) is 0 Å². The molecule has 0 saturated heterocycles. The van der Waals surface area contributed by atoms with Gasteiger partial charge < -0.3 is 10.2 Å². The lowest BCUT2D eigenvalue weighted by Crippen LogP contribution is -2.36. The van der Waals surface area contributed by atoms with Crippen LogP contribution in [0.3, 0.4) is 0 Å². The first kappa shape index (κ1) is 8.92. The minimum Gasteiger partial charge on any atom is -0.390 e. The first-order valence-corrected chi connectivity index (χ1v) is 3.41. The van der Waals surface area contributed by atoms with Crippen LogP contribution in [-0.2, 0) is 0 Å². The number of aliphatic hydroxyl groups is 2. The Kier molecular flexibility index (Phi) is 3.15. The van der Waals surface area contributed by atoms with Crippen LogP contribution in [0.15, 0.2) is 0 Å². The largest absolute Gasteiger partial charge is 0.390 e. The van der Waals surface area contributed by atoms with Gasteiger partial charge in [0, 0.05) is 0 Å². The van der Waals surface area contributed by atoms with Gasteiger partial charge in [-0.3, -0.25) is 0 Å².